The second-order valence-corrected chi connectivity index (χ2v) is 8.86. The number of nitrogens with zero attached hydrogens (tertiary/aromatic N) is 1. The molecule has 0 aliphatic carbocycles. The van der Waals surface area contributed by atoms with Crippen LogP contribution in [-0.4, -0.2) is 16.8 Å². The summed E-state index contributed by atoms with van der Waals surface area (Å²) in [5.41, 5.74) is 4.82. The molecule has 4 aromatic rings. The van der Waals surface area contributed by atoms with Crippen molar-refractivity contribution in [1.29, 1.82) is 0 Å². The smallest absolute Gasteiger partial charge is 0.255 e. The van der Waals surface area contributed by atoms with Crippen LogP contribution < -0.4 is 10.6 Å². The topological polar surface area (TPSA) is 71.1 Å². The SMILES string of the molecule is Cc1ccc(C(=O)Nc2cccc(CNC(=O)Cc3csc(-c4ccccc4Cl)n3)c2)cc1. The van der Waals surface area contributed by atoms with Crippen LogP contribution >= 0.6 is 22.9 Å². The molecule has 2 amide bonds. The Labute approximate surface area is 201 Å². The van der Waals surface area contributed by atoms with Gasteiger partial charge in [-0.25, -0.2) is 4.98 Å². The predicted octanol–water partition coefficient (Wildman–Crippen LogP) is 5.88. The first-order valence-electron chi connectivity index (χ1n) is 10.4. The summed E-state index contributed by atoms with van der Waals surface area (Å²) in [7, 11) is 0. The number of aromatic nitrogens is 1. The Morgan fingerprint density at radius 1 is 1.00 bits per heavy atom. The zero-order chi connectivity index (χ0) is 23.2. The summed E-state index contributed by atoms with van der Waals surface area (Å²) >= 11 is 7.70. The average Bonchev–Trinajstić information content (AvgIpc) is 3.27. The molecule has 5 nitrogen and oxygen atoms in total. The van der Waals surface area contributed by atoms with Gasteiger partial charge in [0.1, 0.15) is 5.01 Å². The highest BCUT2D eigenvalue weighted by atomic mass is 35.5. The van der Waals surface area contributed by atoms with E-state index >= 15 is 0 Å². The van der Waals surface area contributed by atoms with Crippen LogP contribution in [0.5, 0.6) is 0 Å². The van der Waals surface area contributed by atoms with Crippen LogP contribution in [0.1, 0.15) is 27.2 Å². The number of rotatable bonds is 7. The molecule has 0 aliphatic rings. The van der Waals surface area contributed by atoms with Gasteiger partial charge in [-0.1, -0.05) is 59.6 Å². The molecule has 0 saturated heterocycles. The normalized spacial score (nSPS) is 10.6. The van der Waals surface area contributed by atoms with Crippen LogP contribution in [0.4, 0.5) is 5.69 Å². The third-order valence-corrected chi connectivity index (χ3v) is 6.24. The van der Waals surface area contributed by atoms with E-state index in [9.17, 15) is 9.59 Å². The van der Waals surface area contributed by atoms with Crippen molar-refractivity contribution in [1.82, 2.24) is 10.3 Å². The fraction of sp³-hybridized carbons (Fsp3) is 0.115. The Hall–Kier alpha value is -3.48. The molecule has 0 unspecified atom stereocenters. The number of benzene rings is 3. The molecule has 0 atom stereocenters. The minimum absolute atomic E-state index is 0.125. The molecule has 33 heavy (non-hydrogen) atoms. The number of aryl methyl sites for hydroxylation is 1. The number of hydrogen-bond acceptors (Lipinski definition) is 4. The molecule has 0 fully saturated rings. The van der Waals surface area contributed by atoms with Gasteiger partial charge in [0.15, 0.2) is 0 Å². The number of hydrogen-bond donors (Lipinski definition) is 2. The molecule has 0 aliphatic heterocycles. The van der Waals surface area contributed by atoms with E-state index in [1.165, 1.54) is 11.3 Å². The molecule has 4 rings (SSSR count). The lowest BCUT2D eigenvalue weighted by Crippen LogP contribution is -2.24. The standard InChI is InChI=1S/C26H22ClN3O2S/c1-17-9-11-19(12-10-17)25(32)29-20-6-4-5-18(13-20)15-28-24(31)14-21-16-33-26(30-21)22-7-2-3-8-23(22)27/h2-13,16H,14-15H2,1H3,(H,28,31)(H,29,32). The molecule has 2 N–H and O–H groups in total. The van der Waals surface area contributed by atoms with Gasteiger partial charge in [-0.3, -0.25) is 9.59 Å². The first kappa shape index (κ1) is 22.7. The van der Waals surface area contributed by atoms with Gasteiger partial charge in [-0.2, -0.15) is 0 Å². The van der Waals surface area contributed by atoms with E-state index in [1.54, 1.807) is 12.1 Å². The van der Waals surface area contributed by atoms with Gasteiger partial charge in [-0.05, 0) is 42.8 Å². The molecule has 1 heterocycles. The summed E-state index contributed by atoms with van der Waals surface area (Å²) in [4.78, 5) is 29.4. The molecule has 3 aromatic carbocycles. The van der Waals surface area contributed by atoms with Crippen LogP contribution in [0.2, 0.25) is 5.02 Å². The van der Waals surface area contributed by atoms with Crippen molar-refractivity contribution in [3.8, 4) is 10.6 Å². The van der Waals surface area contributed by atoms with E-state index in [0.29, 0.717) is 28.5 Å². The van der Waals surface area contributed by atoms with E-state index in [1.807, 2.05) is 73.0 Å². The maximum atomic E-state index is 12.4. The van der Waals surface area contributed by atoms with Crippen molar-refractivity contribution < 1.29 is 9.59 Å². The molecular weight excluding hydrogens is 454 g/mol. The third kappa shape index (κ3) is 6.06. The van der Waals surface area contributed by atoms with Crippen molar-refractivity contribution in [2.75, 3.05) is 5.32 Å². The van der Waals surface area contributed by atoms with Gasteiger partial charge in [0.25, 0.3) is 5.91 Å². The molecule has 7 heteroatoms. The van der Waals surface area contributed by atoms with Gasteiger partial charge in [0.05, 0.1) is 17.1 Å². The van der Waals surface area contributed by atoms with Gasteiger partial charge < -0.3 is 10.6 Å². The van der Waals surface area contributed by atoms with E-state index in [2.05, 4.69) is 15.6 Å². The first-order chi connectivity index (χ1) is 16.0. The Morgan fingerprint density at radius 3 is 2.58 bits per heavy atom. The molecule has 0 bridgehead atoms. The highest BCUT2D eigenvalue weighted by molar-refractivity contribution is 7.13. The van der Waals surface area contributed by atoms with Crippen LogP contribution in [0.25, 0.3) is 10.6 Å². The third-order valence-electron chi connectivity index (χ3n) is 4.99. The monoisotopic (exact) mass is 475 g/mol. The highest BCUT2D eigenvalue weighted by Gasteiger charge is 2.11. The van der Waals surface area contributed by atoms with Gasteiger partial charge >= 0.3 is 0 Å². The summed E-state index contributed by atoms with van der Waals surface area (Å²) in [5, 5.41) is 9.11. The largest absolute Gasteiger partial charge is 0.352 e. The quantitative estimate of drug-likeness (QED) is 0.350. The van der Waals surface area contributed by atoms with Crippen molar-refractivity contribution in [2.24, 2.45) is 0 Å². The predicted molar refractivity (Wildman–Crippen MR) is 134 cm³/mol. The Bertz CT molecular complexity index is 1280. The van der Waals surface area contributed by atoms with Gasteiger partial charge in [0, 0.05) is 28.7 Å². The molecule has 0 spiro atoms. The number of nitrogens with one attached hydrogen (secondary N) is 2. The van der Waals surface area contributed by atoms with Crippen molar-refractivity contribution >= 4 is 40.4 Å². The van der Waals surface area contributed by atoms with Crippen molar-refractivity contribution in [2.45, 2.75) is 19.9 Å². The van der Waals surface area contributed by atoms with Crippen molar-refractivity contribution in [3.05, 3.63) is 106 Å². The fourth-order valence-corrected chi connectivity index (χ4v) is 4.38. The minimum atomic E-state index is -0.172. The summed E-state index contributed by atoms with van der Waals surface area (Å²) < 4.78 is 0. The van der Waals surface area contributed by atoms with Crippen LogP contribution in [0.3, 0.4) is 0 Å². The summed E-state index contributed by atoms with van der Waals surface area (Å²) in [5.74, 6) is -0.297. The Morgan fingerprint density at radius 2 is 1.79 bits per heavy atom. The second kappa shape index (κ2) is 10.4. The fourth-order valence-electron chi connectivity index (χ4n) is 3.24. The Kier molecular flexibility index (Phi) is 7.17. The second-order valence-electron chi connectivity index (χ2n) is 7.60. The number of carbonyl (C=O) groups excluding carboxylic acids is 2. The number of anilines is 1. The number of thiazole rings is 1. The summed E-state index contributed by atoms with van der Waals surface area (Å²) in [6, 6.07) is 22.3. The van der Waals surface area contributed by atoms with Gasteiger partial charge in [-0.15, -0.1) is 11.3 Å². The maximum Gasteiger partial charge on any atom is 0.255 e. The molecule has 0 saturated carbocycles. The summed E-state index contributed by atoms with van der Waals surface area (Å²) in [6.07, 6.45) is 0.185. The average molecular weight is 476 g/mol. The van der Waals surface area contributed by atoms with Crippen LogP contribution in [0.15, 0.2) is 78.2 Å². The Balaban J connectivity index is 1.32. The zero-order valence-corrected chi connectivity index (χ0v) is 19.5. The lowest BCUT2D eigenvalue weighted by molar-refractivity contribution is -0.120. The first-order valence-corrected chi connectivity index (χ1v) is 11.7. The van der Waals surface area contributed by atoms with Crippen LogP contribution in [0, 0.1) is 6.92 Å². The lowest BCUT2D eigenvalue weighted by atomic mass is 10.1. The van der Waals surface area contributed by atoms with Crippen LogP contribution in [-0.2, 0) is 17.8 Å². The number of halogens is 1. The molecule has 0 radical (unpaired) electrons. The molecule has 1 aromatic heterocycles. The number of carbonyl (C=O) groups is 2. The highest BCUT2D eigenvalue weighted by Crippen LogP contribution is 2.30. The van der Waals surface area contributed by atoms with E-state index < -0.39 is 0 Å². The van der Waals surface area contributed by atoms with E-state index in [4.69, 9.17) is 11.6 Å². The minimum Gasteiger partial charge on any atom is -0.352 e. The van der Waals surface area contributed by atoms with Crippen molar-refractivity contribution in [3.63, 3.8) is 0 Å². The zero-order valence-electron chi connectivity index (χ0n) is 18.0. The molecular formula is C26H22ClN3O2S. The summed E-state index contributed by atoms with van der Waals surface area (Å²) in [6.45, 7) is 2.33. The lowest BCUT2D eigenvalue weighted by Gasteiger charge is -2.09. The van der Waals surface area contributed by atoms with E-state index in [0.717, 1.165) is 21.7 Å². The van der Waals surface area contributed by atoms with Gasteiger partial charge in [0.2, 0.25) is 5.91 Å². The number of amides is 2. The van der Waals surface area contributed by atoms with E-state index in [-0.39, 0.29) is 18.2 Å². The molecule has 166 valence electrons. The maximum absolute atomic E-state index is 12.4.